The average Bonchev–Trinajstić information content (AvgIpc) is 2.50. The Balaban J connectivity index is 3.09. The molecular weight excluding hydrogens is 353 g/mol. The third-order valence-electron chi connectivity index (χ3n) is 3.34. The highest BCUT2D eigenvalue weighted by Crippen LogP contribution is 2.34. The molecule has 1 aromatic rings. The zero-order valence-electron chi connectivity index (χ0n) is 14.1. The van der Waals surface area contributed by atoms with E-state index in [0.29, 0.717) is 21.3 Å². The van der Waals surface area contributed by atoms with Crippen molar-refractivity contribution in [3.8, 4) is 0 Å². The molecule has 0 heterocycles. The highest BCUT2D eigenvalue weighted by molar-refractivity contribution is 6.36. The monoisotopic (exact) mass is 373 g/mol. The Morgan fingerprint density at radius 2 is 1.88 bits per heavy atom. The van der Waals surface area contributed by atoms with Crippen molar-refractivity contribution in [2.75, 3.05) is 13.7 Å². The lowest BCUT2D eigenvalue weighted by Gasteiger charge is -2.26. The number of hydrogen-bond donors (Lipinski definition) is 1. The summed E-state index contributed by atoms with van der Waals surface area (Å²) in [5.41, 5.74) is 1.04. The zero-order chi connectivity index (χ0) is 18.3. The number of methoxy groups -OCH3 is 1. The third kappa shape index (κ3) is 5.42. The lowest BCUT2D eigenvalue weighted by molar-refractivity contribution is -0.143. The first-order valence-electron chi connectivity index (χ1n) is 7.45. The smallest absolute Gasteiger partial charge is 0.332 e. The SMILES string of the molecule is CCOC(=O)C=C(C)NC(C)C(C(=O)OC)c1c(Cl)cccc1Cl. The van der Waals surface area contributed by atoms with Gasteiger partial charge in [-0.1, -0.05) is 29.3 Å². The molecule has 2 atom stereocenters. The summed E-state index contributed by atoms with van der Waals surface area (Å²) >= 11 is 12.4. The van der Waals surface area contributed by atoms with Gasteiger partial charge in [-0.05, 0) is 32.9 Å². The Labute approximate surface area is 151 Å². The van der Waals surface area contributed by atoms with Crippen LogP contribution in [0.25, 0.3) is 0 Å². The normalized spacial score (nSPS) is 13.8. The van der Waals surface area contributed by atoms with Gasteiger partial charge >= 0.3 is 11.9 Å². The maximum absolute atomic E-state index is 12.3. The Kier molecular flexibility index (Phi) is 8.08. The van der Waals surface area contributed by atoms with Crippen LogP contribution in [-0.2, 0) is 19.1 Å². The van der Waals surface area contributed by atoms with E-state index in [1.54, 1.807) is 39.0 Å². The molecule has 24 heavy (non-hydrogen) atoms. The van der Waals surface area contributed by atoms with Crippen molar-refractivity contribution in [1.82, 2.24) is 5.32 Å². The predicted octanol–water partition coefficient (Wildman–Crippen LogP) is 3.70. The van der Waals surface area contributed by atoms with E-state index in [1.165, 1.54) is 13.2 Å². The first-order chi connectivity index (χ1) is 11.3. The molecule has 0 aliphatic carbocycles. The van der Waals surface area contributed by atoms with Gasteiger partial charge in [-0.2, -0.15) is 0 Å². The van der Waals surface area contributed by atoms with Gasteiger partial charge in [0.15, 0.2) is 0 Å². The molecule has 1 aromatic carbocycles. The van der Waals surface area contributed by atoms with Crippen molar-refractivity contribution in [3.05, 3.63) is 45.6 Å². The molecule has 7 heteroatoms. The van der Waals surface area contributed by atoms with Crippen LogP contribution >= 0.6 is 23.2 Å². The number of hydrogen-bond acceptors (Lipinski definition) is 5. The fourth-order valence-electron chi connectivity index (χ4n) is 2.35. The fraction of sp³-hybridized carbons (Fsp3) is 0.412. The van der Waals surface area contributed by atoms with E-state index in [2.05, 4.69) is 5.32 Å². The number of allylic oxidation sites excluding steroid dienone is 1. The number of ether oxygens (including phenoxy) is 2. The Hall–Kier alpha value is -1.72. The second kappa shape index (κ2) is 9.55. The van der Waals surface area contributed by atoms with Gasteiger partial charge in [0.25, 0.3) is 0 Å². The van der Waals surface area contributed by atoms with Crippen LogP contribution in [0.1, 0.15) is 32.3 Å². The number of carbonyl (C=O) groups excluding carboxylic acids is 2. The number of benzene rings is 1. The van der Waals surface area contributed by atoms with Crippen LogP contribution in [0.3, 0.4) is 0 Å². The standard InChI is InChI=1S/C17H21Cl2NO4/c1-5-24-14(21)9-10(2)20-11(3)15(17(22)23-4)16-12(18)7-6-8-13(16)19/h6-9,11,15,20H,5H2,1-4H3. The van der Waals surface area contributed by atoms with Crippen LogP contribution in [-0.4, -0.2) is 31.7 Å². The molecule has 0 radical (unpaired) electrons. The molecular formula is C17H21Cl2NO4. The van der Waals surface area contributed by atoms with Gasteiger partial charge in [0.05, 0.1) is 13.7 Å². The summed E-state index contributed by atoms with van der Waals surface area (Å²) in [5, 5.41) is 3.83. The Bertz CT molecular complexity index is 611. The highest BCUT2D eigenvalue weighted by Gasteiger charge is 2.31. The molecule has 2 unspecified atom stereocenters. The van der Waals surface area contributed by atoms with Gasteiger partial charge < -0.3 is 14.8 Å². The molecule has 0 fully saturated rings. The summed E-state index contributed by atoms with van der Waals surface area (Å²) in [4.78, 5) is 23.8. The Morgan fingerprint density at radius 3 is 2.38 bits per heavy atom. The van der Waals surface area contributed by atoms with Crippen molar-refractivity contribution >= 4 is 35.1 Å². The van der Waals surface area contributed by atoms with Gasteiger partial charge in [-0.15, -0.1) is 0 Å². The van der Waals surface area contributed by atoms with Crippen LogP contribution in [0.4, 0.5) is 0 Å². The van der Waals surface area contributed by atoms with E-state index >= 15 is 0 Å². The summed E-state index contributed by atoms with van der Waals surface area (Å²) in [6, 6.07) is 4.60. The number of carbonyl (C=O) groups is 2. The van der Waals surface area contributed by atoms with E-state index in [-0.39, 0.29) is 6.61 Å². The fourth-order valence-corrected chi connectivity index (χ4v) is 2.98. The van der Waals surface area contributed by atoms with Crippen molar-refractivity contribution in [2.24, 2.45) is 0 Å². The lowest BCUT2D eigenvalue weighted by atomic mass is 9.92. The maximum atomic E-state index is 12.3. The van der Waals surface area contributed by atoms with E-state index < -0.39 is 23.9 Å². The van der Waals surface area contributed by atoms with E-state index in [4.69, 9.17) is 32.7 Å². The summed E-state index contributed by atoms with van der Waals surface area (Å²) in [6.07, 6.45) is 1.32. The van der Waals surface area contributed by atoms with Gasteiger partial charge in [0, 0.05) is 33.4 Å². The maximum Gasteiger partial charge on any atom is 0.332 e. The van der Waals surface area contributed by atoms with E-state index in [1.807, 2.05) is 0 Å². The molecule has 0 aliphatic heterocycles. The number of rotatable bonds is 7. The van der Waals surface area contributed by atoms with Crippen molar-refractivity contribution in [1.29, 1.82) is 0 Å². The van der Waals surface area contributed by atoms with Gasteiger partial charge in [0.2, 0.25) is 0 Å². The summed E-state index contributed by atoms with van der Waals surface area (Å²) in [5.74, 6) is -1.67. The summed E-state index contributed by atoms with van der Waals surface area (Å²) < 4.78 is 9.75. The third-order valence-corrected chi connectivity index (χ3v) is 4.00. The number of halogens is 2. The van der Waals surface area contributed by atoms with E-state index in [0.717, 1.165) is 0 Å². The topological polar surface area (TPSA) is 64.6 Å². The lowest BCUT2D eigenvalue weighted by Crippen LogP contribution is -2.36. The van der Waals surface area contributed by atoms with Gasteiger partial charge in [-0.25, -0.2) is 4.79 Å². The minimum atomic E-state index is -0.734. The number of nitrogens with one attached hydrogen (secondary N) is 1. The molecule has 0 spiro atoms. The second-order valence-corrected chi connectivity index (χ2v) is 5.96. The zero-order valence-corrected chi connectivity index (χ0v) is 15.6. The Morgan fingerprint density at radius 1 is 1.29 bits per heavy atom. The van der Waals surface area contributed by atoms with Crippen molar-refractivity contribution < 1.29 is 19.1 Å². The molecule has 0 aliphatic rings. The first-order valence-corrected chi connectivity index (χ1v) is 8.20. The van der Waals surface area contributed by atoms with E-state index in [9.17, 15) is 9.59 Å². The summed E-state index contributed by atoms with van der Waals surface area (Å²) in [6.45, 7) is 5.50. The van der Waals surface area contributed by atoms with Crippen molar-refractivity contribution in [2.45, 2.75) is 32.7 Å². The molecule has 1 rings (SSSR count). The molecule has 0 amide bonds. The predicted molar refractivity (Wildman–Crippen MR) is 94.2 cm³/mol. The highest BCUT2D eigenvalue weighted by atomic mass is 35.5. The van der Waals surface area contributed by atoms with Crippen LogP contribution < -0.4 is 5.32 Å². The minimum Gasteiger partial charge on any atom is -0.468 e. The van der Waals surface area contributed by atoms with Crippen LogP contribution in [0.15, 0.2) is 30.0 Å². The molecule has 1 N–H and O–H groups in total. The molecule has 132 valence electrons. The summed E-state index contributed by atoms with van der Waals surface area (Å²) in [7, 11) is 1.30. The molecule has 0 saturated heterocycles. The van der Waals surface area contributed by atoms with Crippen LogP contribution in [0.5, 0.6) is 0 Å². The van der Waals surface area contributed by atoms with Crippen LogP contribution in [0, 0.1) is 0 Å². The van der Waals surface area contributed by atoms with Gasteiger partial charge in [-0.3, -0.25) is 4.79 Å². The first kappa shape index (κ1) is 20.3. The molecule has 0 bridgehead atoms. The number of esters is 2. The molecule has 0 saturated carbocycles. The molecule has 5 nitrogen and oxygen atoms in total. The average molecular weight is 374 g/mol. The van der Waals surface area contributed by atoms with Gasteiger partial charge in [0.1, 0.15) is 5.92 Å². The second-order valence-electron chi connectivity index (χ2n) is 5.15. The minimum absolute atomic E-state index is 0.290. The van der Waals surface area contributed by atoms with Crippen LogP contribution in [0.2, 0.25) is 10.0 Å². The largest absolute Gasteiger partial charge is 0.468 e. The molecule has 0 aromatic heterocycles. The quantitative estimate of drug-likeness (QED) is 0.583. The van der Waals surface area contributed by atoms with Crippen molar-refractivity contribution in [3.63, 3.8) is 0 Å².